The van der Waals surface area contributed by atoms with Gasteiger partial charge in [0.2, 0.25) is 0 Å². The Hall–Kier alpha value is -2.95. The van der Waals surface area contributed by atoms with Crippen LogP contribution in [0, 0.1) is 6.92 Å². The quantitative estimate of drug-likeness (QED) is 0.449. The second kappa shape index (κ2) is 9.51. The molecule has 1 amide bonds. The van der Waals surface area contributed by atoms with E-state index in [1.54, 1.807) is 43.3 Å². The van der Waals surface area contributed by atoms with Gasteiger partial charge in [-0.1, -0.05) is 48.0 Å². The van der Waals surface area contributed by atoms with Crippen molar-refractivity contribution >= 4 is 17.7 Å². The van der Waals surface area contributed by atoms with Gasteiger partial charge in [-0.3, -0.25) is 14.4 Å². The molecule has 0 unspecified atom stereocenters. The molecule has 2 aromatic rings. The van der Waals surface area contributed by atoms with Gasteiger partial charge >= 0.3 is 5.97 Å². The fourth-order valence-electron chi connectivity index (χ4n) is 2.50. The Morgan fingerprint density at radius 2 is 1.62 bits per heavy atom. The second-order valence-electron chi connectivity index (χ2n) is 5.91. The van der Waals surface area contributed by atoms with Crippen molar-refractivity contribution in [2.24, 2.45) is 0 Å². The number of esters is 1. The van der Waals surface area contributed by atoms with Crippen LogP contribution in [0.15, 0.2) is 48.5 Å². The lowest BCUT2D eigenvalue weighted by Gasteiger charge is -2.10. The normalized spacial score (nSPS) is 10.2. The van der Waals surface area contributed by atoms with E-state index < -0.39 is 0 Å². The Morgan fingerprint density at radius 3 is 2.27 bits per heavy atom. The van der Waals surface area contributed by atoms with E-state index in [2.05, 4.69) is 5.32 Å². The molecule has 0 aliphatic carbocycles. The number of ketones is 1. The van der Waals surface area contributed by atoms with E-state index in [0.717, 1.165) is 5.56 Å². The molecule has 0 saturated heterocycles. The summed E-state index contributed by atoms with van der Waals surface area (Å²) in [5, 5.41) is 2.75. The van der Waals surface area contributed by atoms with Crippen molar-refractivity contribution in [2.75, 3.05) is 13.2 Å². The molecular weight excluding hydrogens is 330 g/mol. The molecule has 0 fully saturated rings. The molecule has 2 rings (SSSR count). The van der Waals surface area contributed by atoms with Crippen molar-refractivity contribution in [1.82, 2.24) is 5.32 Å². The molecule has 0 aliphatic rings. The molecule has 1 N–H and O–H groups in total. The highest BCUT2D eigenvalue weighted by molar-refractivity contribution is 6.15. The predicted octanol–water partition coefficient (Wildman–Crippen LogP) is 3.30. The molecule has 0 saturated carbocycles. The van der Waals surface area contributed by atoms with Gasteiger partial charge in [0.05, 0.1) is 12.2 Å². The lowest BCUT2D eigenvalue weighted by atomic mass is 9.97. The van der Waals surface area contributed by atoms with Gasteiger partial charge in [0, 0.05) is 24.1 Å². The van der Waals surface area contributed by atoms with E-state index in [4.69, 9.17) is 4.74 Å². The third-order valence-electron chi connectivity index (χ3n) is 3.88. The lowest BCUT2D eigenvalue weighted by Crippen LogP contribution is -2.27. The van der Waals surface area contributed by atoms with Crippen molar-refractivity contribution in [3.8, 4) is 0 Å². The average molecular weight is 353 g/mol. The number of rotatable bonds is 8. The summed E-state index contributed by atoms with van der Waals surface area (Å²) in [7, 11) is 0. The second-order valence-corrected chi connectivity index (χ2v) is 5.91. The molecule has 0 heterocycles. The maximum absolute atomic E-state index is 12.7. The number of carbonyl (C=O) groups excluding carboxylic acids is 3. The summed E-state index contributed by atoms with van der Waals surface area (Å²) in [5.41, 5.74) is 2.29. The van der Waals surface area contributed by atoms with Gasteiger partial charge in [-0.25, -0.2) is 0 Å². The first-order valence-electron chi connectivity index (χ1n) is 8.67. The summed E-state index contributed by atoms with van der Waals surface area (Å²) in [6, 6.07) is 14.0. The smallest absolute Gasteiger partial charge is 0.305 e. The number of ether oxygens (including phenoxy) is 1. The first-order valence-corrected chi connectivity index (χ1v) is 8.67. The topological polar surface area (TPSA) is 72.5 Å². The van der Waals surface area contributed by atoms with Crippen LogP contribution < -0.4 is 5.32 Å². The van der Waals surface area contributed by atoms with E-state index in [0.29, 0.717) is 36.3 Å². The SMILES string of the molecule is CCOC(=O)CCCNC(=O)c1ccccc1C(=O)c1ccc(C)cc1. The van der Waals surface area contributed by atoms with Crippen LogP contribution in [0.3, 0.4) is 0 Å². The van der Waals surface area contributed by atoms with Crippen LogP contribution in [-0.2, 0) is 9.53 Å². The van der Waals surface area contributed by atoms with E-state index in [1.807, 2.05) is 19.1 Å². The molecule has 0 atom stereocenters. The van der Waals surface area contributed by atoms with Crippen LogP contribution in [0.25, 0.3) is 0 Å². The fraction of sp³-hybridized carbons (Fsp3) is 0.286. The van der Waals surface area contributed by atoms with Crippen LogP contribution in [0.2, 0.25) is 0 Å². The van der Waals surface area contributed by atoms with Crippen LogP contribution >= 0.6 is 0 Å². The van der Waals surface area contributed by atoms with Gasteiger partial charge < -0.3 is 10.1 Å². The minimum atomic E-state index is -0.329. The standard InChI is InChI=1S/C21H23NO4/c1-3-26-19(23)9-6-14-22-21(25)18-8-5-4-7-17(18)20(24)16-12-10-15(2)11-13-16/h4-5,7-8,10-13H,3,6,9,14H2,1-2H3,(H,22,25). The Balaban J connectivity index is 2.03. The van der Waals surface area contributed by atoms with Crippen molar-refractivity contribution < 1.29 is 19.1 Å². The molecule has 5 nitrogen and oxygen atoms in total. The Labute approximate surface area is 153 Å². The monoisotopic (exact) mass is 353 g/mol. The predicted molar refractivity (Wildman–Crippen MR) is 99.3 cm³/mol. The van der Waals surface area contributed by atoms with E-state index >= 15 is 0 Å². The Bertz CT molecular complexity index is 781. The molecule has 5 heteroatoms. The van der Waals surface area contributed by atoms with Gasteiger partial charge in [-0.15, -0.1) is 0 Å². The van der Waals surface area contributed by atoms with Gasteiger partial charge in [-0.05, 0) is 26.3 Å². The zero-order valence-corrected chi connectivity index (χ0v) is 15.1. The molecule has 0 spiro atoms. The minimum absolute atomic E-state index is 0.192. The minimum Gasteiger partial charge on any atom is -0.466 e. The summed E-state index contributed by atoms with van der Waals surface area (Å²) < 4.78 is 4.85. The van der Waals surface area contributed by atoms with Crippen molar-refractivity contribution in [1.29, 1.82) is 0 Å². The number of aryl methyl sites for hydroxylation is 1. The lowest BCUT2D eigenvalue weighted by molar-refractivity contribution is -0.143. The summed E-state index contributed by atoms with van der Waals surface area (Å²) >= 11 is 0. The molecule has 2 aromatic carbocycles. The molecule has 0 bridgehead atoms. The van der Waals surface area contributed by atoms with Gasteiger partial charge in [-0.2, -0.15) is 0 Å². The molecule has 136 valence electrons. The van der Waals surface area contributed by atoms with E-state index in [9.17, 15) is 14.4 Å². The molecule has 26 heavy (non-hydrogen) atoms. The summed E-state index contributed by atoms with van der Waals surface area (Å²) in [6.45, 7) is 4.39. The number of hydrogen-bond donors (Lipinski definition) is 1. The van der Waals surface area contributed by atoms with E-state index in [-0.39, 0.29) is 24.1 Å². The van der Waals surface area contributed by atoms with Crippen molar-refractivity contribution in [2.45, 2.75) is 26.7 Å². The van der Waals surface area contributed by atoms with Gasteiger partial charge in [0.15, 0.2) is 5.78 Å². The van der Waals surface area contributed by atoms with Crippen LogP contribution in [0.5, 0.6) is 0 Å². The molecule has 0 aliphatic heterocycles. The maximum atomic E-state index is 12.7. The van der Waals surface area contributed by atoms with Crippen molar-refractivity contribution in [3.05, 3.63) is 70.8 Å². The van der Waals surface area contributed by atoms with Gasteiger partial charge in [0.25, 0.3) is 5.91 Å². The van der Waals surface area contributed by atoms with Crippen molar-refractivity contribution in [3.63, 3.8) is 0 Å². The number of hydrogen-bond acceptors (Lipinski definition) is 4. The number of nitrogens with one attached hydrogen (secondary N) is 1. The summed E-state index contributed by atoms with van der Waals surface area (Å²) in [6.07, 6.45) is 0.733. The molecule has 0 aromatic heterocycles. The highest BCUT2D eigenvalue weighted by atomic mass is 16.5. The Kier molecular flexibility index (Phi) is 7.09. The molecular formula is C21H23NO4. The maximum Gasteiger partial charge on any atom is 0.305 e. The van der Waals surface area contributed by atoms with Gasteiger partial charge in [0.1, 0.15) is 0 Å². The van der Waals surface area contributed by atoms with Crippen LogP contribution in [0.4, 0.5) is 0 Å². The molecule has 0 radical (unpaired) electrons. The third-order valence-corrected chi connectivity index (χ3v) is 3.88. The van der Waals surface area contributed by atoms with Crippen LogP contribution in [0.1, 0.15) is 51.6 Å². The highest BCUT2D eigenvalue weighted by Crippen LogP contribution is 2.15. The first-order chi connectivity index (χ1) is 12.5. The third kappa shape index (κ3) is 5.28. The summed E-state index contributed by atoms with van der Waals surface area (Å²) in [5.74, 6) is -0.802. The number of amides is 1. The zero-order valence-electron chi connectivity index (χ0n) is 15.1. The summed E-state index contributed by atoms with van der Waals surface area (Å²) in [4.78, 5) is 36.5. The Morgan fingerprint density at radius 1 is 0.962 bits per heavy atom. The number of carbonyl (C=O) groups is 3. The van der Waals surface area contributed by atoms with Crippen LogP contribution in [-0.4, -0.2) is 30.8 Å². The average Bonchev–Trinajstić information content (AvgIpc) is 2.65. The zero-order chi connectivity index (χ0) is 18.9. The first kappa shape index (κ1) is 19.4. The highest BCUT2D eigenvalue weighted by Gasteiger charge is 2.17. The largest absolute Gasteiger partial charge is 0.466 e. The van der Waals surface area contributed by atoms with E-state index in [1.165, 1.54) is 0 Å². The number of benzene rings is 2. The fourth-order valence-corrected chi connectivity index (χ4v) is 2.50.